The molecule has 0 fully saturated rings. The molecule has 0 spiro atoms. The van der Waals surface area contributed by atoms with Crippen LogP contribution in [0.4, 0.5) is 5.82 Å². The van der Waals surface area contributed by atoms with Crippen molar-refractivity contribution in [3.63, 3.8) is 0 Å². The van der Waals surface area contributed by atoms with Crippen molar-refractivity contribution >= 4 is 15.8 Å². The number of nitrogens with one attached hydrogen (secondary N) is 3. The summed E-state index contributed by atoms with van der Waals surface area (Å²) in [5.41, 5.74) is -0.402. The first-order valence-electron chi connectivity index (χ1n) is 4.74. The highest BCUT2D eigenvalue weighted by Gasteiger charge is 2.08. The summed E-state index contributed by atoms with van der Waals surface area (Å²) in [4.78, 5) is 17.5. The molecule has 0 unspecified atom stereocenters. The van der Waals surface area contributed by atoms with E-state index in [1.54, 1.807) is 0 Å². The van der Waals surface area contributed by atoms with Crippen LogP contribution >= 0.6 is 0 Å². The average molecular weight is 262 g/mol. The Bertz CT molecular complexity index is 525. The normalized spacial score (nSPS) is 11.2. The summed E-state index contributed by atoms with van der Waals surface area (Å²) in [6, 6.07) is 0. The van der Waals surface area contributed by atoms with Crippen molar-refractivity contribution < 1.29 is 13.2 Å². The largest absolute Gasteiger partial charge is 0.489 e. The highest BCUT2D eigenvalue weighted by atomic mass is 32.2. The maximum absolute atomic E-state index is 11.3. The van der Waals surface area contributed by atoms with E-state index in [1.807, 2.05) is 0 Å². The van der Waals surface area contributed by atoms with Crippen molar-refractivity contribution in [3.8, 4) is 5.75 Å². The van der Waals surface area contributed by atoms with Crippen molar-refractivity contribution in [3.05, 3.63) is 16.7 Å². The van der Waals surface area contributed by atoms with Crippen LogP contribution < -0.4 is 20.3 Å². The maximum Gasteiger partial charge on any atom is 0.295 e. The average Bonchev–Trinajstić information content (AvgIpc) is 2.23. The lowest BCUT2D eigenvalue weighted by Gasteiger charge is -2.08. The number of aromatic amines is 1. The predicted octanol–water partition coefficient (Wildman–Crippen LogP) is -1.26. The molecule has 0 amide bonds. The number of H-pyrrole nitrogens is 1. The van der Waals surface area contributed by atoms with Crippen LogP contribution in [0.1, 0.15) is 0 Å². The monoisotopic (exact) mass is 262 g/mol. The van der Waals surface area contributed by atoms with Crippen LogP contribution in [0.2, 0.25) is 0 Å². The first-order chi connectivity index (χ1) is 7.94. The molecule has 0 aromatic carbocycles. The van der Waals surface area contributed by atoms with E-state index in [0.717, 1.165) is 6.26 Å². The molecule has 1 rings (SSSR count). The fourth-order valence-corrected chi connectivity index (χ4v) is 1.59. The van der Waals surface area contributed by atoms with Crippen molar-refractivity contribution in [2.45, 2.75) is 0 Å². The number of hydrogen-bond acceptors (Lipinski definition) is 6. The van der Waals surface area contributed by atoms with Crippen molar-refractivity contribution in [2.75, 3.05) is 31.8 Å². The van der Waals surface area contributed by atoms with E-state index in [0.29, 0.717) is 6.54 Å². The predicted molar refractivity (Wildman–Crippen MR) is 62.7 cm³/mol. The third kappa shape index (κ3) is 4.41. The van der Waals surface area contributed by atoms with Gasteiger partial charge in [0.05, 0.1) is 19.7 Å². The second-order valence-electron chi connectivity index (χ2n) is 3.21. The Kier molecular flexibility index (Phi) is 4.46. The molecule has 0 aliphatic heterocycles. The maximum atomic E-state index is 11.3. The molecule has 1 heterocycles. The summed E-state index contributed by atoms with van der Waals surface area (Å²) in [5.74, 6) is 0.332. The minimum Gasteiger partial charge on any atom is -0.489 e. The molecule has 96 valence electrons. The number of anilines is 1. The van der Waals surface area contributed by atoms with Crippen molar-refractivity contribution in [2.24, 2.45) is 0 Å². The highest BCUT2D eigenvalue weighted by molar-refractivity contribution is 7.88. The second-order valence-corrected chi connectivity index (χ2v) is 5.04. The van der Waals surface area contributed by atoms with Crippen LogP contribution in [-0.2, 0) is 10.0 Å². The van der Waals surface area contributed by atoms with Crippen molar-refractivity contribution in [1.29, 1.82) is 0 Å². The van der Waals surface area contributed by atoms with Gasteiger partial charge in [0.2, 0.25) is 15.8 Å². The van der Waals surface area contributed by atoms with E-state index in [4.69, 9.17) is 4.74 Å². The number of aromatic nitrogens is 2. The Balaban J connectivity index is 2.58. The van der Waals surface area contributed by atoms with E-state index in [1.165, 1.54) is 13.4 Å². The molecule has 8 nitrogen and oxygen atoms in total. The van der Waals surface area contributed by atoms with E-state index < -0.39 is 15.6 Å². The molecule has 0 atom stereocenters. The standard InChI is InChI=1S/C8H14N4O4S/c1-16-6-7(10-5-11-8(6)13)9-3-4-12-17(2,14)15/h5,12H,3-4H2,1-2H3,(H2,9,10,11,13). The Hall–Kier alpha value is -1.61. The first-order valence-corrected chi connectivity index (χ1v) is 6.63. The van der Waals surface area contributed by atoms with E-state index in [9.17, 15) is 13.2 Å². The Morgan fingerprint density at radius 3 is 2.76 bits per heavy atom. The number of methoxy groups -OCH3 is 1. The van der Waals surface area contributed by atoms with Crippen molar-refractivity contribution in [1.82, 2.24) is 14.7 Å². The Labute approximate surface area is 98.5 Å². The SMILES string of the molecule is COc1c(NCCNS(C)(=O)=O)nc[nH]c1=O. The van der Waals surface area contributed by atoms with Crippen LogP contribution in [0, 0.1) is 0 Å². The fraction of sp³-hybridized carbons (Fsp3) is 0.500. The Morgan fingerprint density at radius 2 is 2.18 bits per heavy atom. The molecule has 0 saturated heterocycles. The van der Waals surface area contributed by atoms with Crippen LogP contribution in [-0.4, -0.2) is 44.8 Å². The summed E-state index contributed by atoms with van der Waals surface area (Å²) >= 11 is 0. The van der Waals surface area contributed by atoms with Gasteiger partial charge in [0.25, 0.3) is 5.56 Å². The number of rotatable bonds is 6. The fourth-order valence-electron chi connectivity index (χ4n) is 1.12. The lowest BCUT2D eigenvalue weighted by Crippen LogP contribution is -2.28. The van der Waals surface area contributed by atoms with Gasteiger partial charge in [-0.05, 0) is 0 Å². The molecule has 17 heavy (non-hydrogen) atoms. The van der Waals surface area contributed by atoms with Gasteiger partial charge in [-0.2, -0.15) is 0 Å². The lowest BCUT2D eigenvalue weighted by molar-refractivity contribution is 0.408. The Morgan fingerprint density at radius 1 is 1.47 bits per heavy atom. The smallest absolute Gasteiger partial charge is 0.295 e. The molecular formula is C8H14N4O4S. The zero-order chi connectivity index (χ0) is 12.9. The number of sulfonamides is 1. The zero-order valence-corrected chi connectivity index (χ0v) is 10.3. The molecule has 0 radical (unpaired) electrons. The third-order valence-corrected chi connectivity index (χ3v) is 2.52. The number of hydrogen-bond donors (Lipinski definition) is 3. The molecule has 0 saturated carbocycles. The second kappa shape index (κ2) is 5.64. The summed E-state index contributed by atoms with van der Waals surface area (Å²) in [6.07, 6.45) is 2.30. The molecule has 0 aliphatic rings. The first kappa shape index (κ1) is 13.5. The van der Waals surface area contributed by atoms with Gasteiger partial charge in [0.1, 0.15) is 0 Å². The lowest BCUT2D eigenvalue weighted by atomic mass is 10.5. The molecule has 1 aromatic heterocycles. The van der Waals surface area contributed by atoms with Gasteiger partial charge in [0.15, 0.2) is 5.82 Å². The van der Waals surface area contributed by atoms with E-state index >= 15 is 0 Å². The minimum absolute atomic E-state index is 0.0619. The van der Waals surface area contributed by atoms with Gasteiger partial charge in [0, 0.05) is 13.1 Å². The van der Waals surface area contributed by atoms with E-state index in [2.05, 4.69) is 20.0 Å². The molecule has 9 heteroatoms. The van der Waals surface area contributed by atoms with Crippen LogP contribution in [0.15, 0.2) is 11.1 Å². The van der Waals surface area contributed by atoms with Gasteiger partial charge in [-0.25, -0.2) is 18.1 Å². The molecule has 0 bridgehead atoms. The van der Waals surface area contributed by atoms with Gasteiger partial charge in [-0.3, -0.25) is 4.79 Å². The quantitative estimate of drug-likeness (QED) is 0.551. The third-order valence-electron chi connectivity index (χ3n) is 1.80. The highest BCUT2D eigenvalue weighted by Crippen LogP contribution is 2.13. The van der Waals surface area contributed by atoms with Gasteiger partial charge in [-0.15, -0.1) is 0 Å². The number of ether oxygens (including phenoxy) is 1. The van der Waals surface area contributed by atoms with Gasteiger partial charge in [-0.1, -0.05) is 0 Å². The van der Waals surface area contributed by atoms with Gasteiger partial charge >= 0.3 is 0 Å². The zero-order valence-electron chi connectivity index (χ0n) is 9.48. The number of nitrogens with zero attached hydrogens (tertiary/aromatic N) is 1. The molecule has 3 N–H and O–H groups in total. The molecule has 0 aliphatic carbocycles. The minimum atomic E-state index is -3.21. The van der Waals surface area contributed by atoms with Crippen LogP contribution in [0.5, 0.6) is 5.75 Å². The van der Waals surface area contributed by atoms with E-state index in [-0.39, 0.29) is 18.1 Å². The summed E-state index contributed by atoms with van der Waals surface area (Å²) in [5, 5.41) is 2.79. The topological polar surface area (TPSA) is 113 Å². The van der Waals surface area contributed by atoms with Gasteiger partial charge < -0.3 is 15.0 Å². The summed E-state index contributed by atoms with van der Waals surface area (Å²) in [7, 11) is -1.86. The molecule has 1 aromatic rings. The van der Waals surface area contributed by atoms with Crippen LogP contribution in [0.3, 0.4) is 0 Å². The van der Waals surface area contributed by atoms with Crippen LogP contribution in [0.25, 0.3) is 0 Å². The summed E-state index contributed by atoms with van der Waals surface area (Å²) < 4.78 is 28.7. The molecular weight excluding hydrogens is 248 g/mol. The summed E-state index contributed by atoms with van der Waals surface area (Å²) in [6.45, 7) is 0.482.